The topological polar surface area (TPSA) is 94.8 Å². The van der Waals surface area contributed by atoms with Gasteiger partial charge >= 0.3 is 0 Å². The van der Waals surface area contributed by atoms with Crippen LogP contribution in [0.2, 0.25) is 10.0 Å². The SMILES string of the molecule is N#CCCCN1CC[C@@H](CNC(=O)c2cc(Cl)c(Cl)c3c2OCCCO3)C(O)C1. The standard InChI is InChI=1S/C20H25Cl2N3O4/c21-15-10-14(18-19(17(15)22)29-9-3-8-28-18)20(27)24-11-13-4-7-25(12-16(13)26)6-2-1-5-23/h10,13,16,26H,1-4,6-9,11-12H2,(H,24,27)/t13-,16?/m0/s1. The van der Waals surface area contributed by atoms with Crippen molar-refractivity contribution in [3.63, 3.8) is 0 Å². The number of ether oxygens (including phenoxy) is 2. The number of rotatable bonds is 6. The fraction of sp³-hybridized carbons (Fsp3) is 0.600. The Bertz CT molecular complexity index is 784. The molecule has 0 spiro atoms. The maximum absolute atomic E-state index is 12.8. The lowest BCUT2D eigenvalue weighted by molar-refractivity contribution is 0.0219. The normalized spacial score (nSPS) is 21.9. The number of nitriles is 1. The fourth-order valence-electron chi connectivity index (χ4n) is 3.62. The molecule has 1 amide bonds. The van der Waals surface area contributed by atoms with Crippen LogP contribution in [0.1, 0.15) is 36.0 Å². The number of nitrogens with zero attached hydrogens (tertiary/aromatic N) is 2. The second-order valence-corrected chi connectivity index (χ2v) is 8.10. The number of β-amino-alcohol motifs (C(OH)–C–C–N with tert-alkyl or cyclic N) is 1. The summed E-state index contributed by atoms with van der Waals surface area (Å²) in [4.78, 5) is 15.0. The highest BCUT2D eigenvalue weighted by atomic mass is 35.5. The van der Waals surface area contributed by atoms with Gasteiger partial charge in [-0.1, -0.05) is 23.2 Å². The molecule has 3 rings (SSSR count). The van der Waals surface area contributed by atoms with Crippen molar-refractivity contribution in [2.45, 2.75) is 31.8 Å². The van der Waals surface area contributed by atoms with Crippen LogP contribution in [0.15, 0.2) is 6.07 Å². The third-order valence-corrected chi connectivity index (χ3v) is 6.02. The lowest BCUT2D eigenvalue weighted by atomic mass is 9.93. The van der Waals surface area contributed by atoms with Gasteiger partial charge in [-0.25, -0.2) is 0 Å². The Morgan fingerprint density at radius 3 is 2.83 bits per heavy atom. The molecule has 2 heterocycles. The quantitative estimate of drug-likeness (QED) is 0.658. The maximum atomic E-state index is 12.8. The van der Waals surface area contributed by atoms with Crippen LogP contribution in [0, 0.1) is 17.2 Å². The van der Waals surface area contributed by atoms with Crippen LogP contribution in [0.25, 0.3) is 0 Å². The second-order valence-electron chi connectivity index (χ2n) is 7.32. The molecule has 0 saturated carbocycles. The minimum Gasteiger partial charge on any atom is -0.489 e. The van der Waals surface area contributed by atoms with Gasteiger partial charge < -0.3 is 24.8 Å². The first-order valence-corrected chi connectivity index (χ1v) is 10.6. The number of carbonyl (C=O) groups excluding carboxylic acids is 1. The average molecular weight is 442 g/mol. The Hall–Kier alpha value is -1.72. The molecule has 2 aliphatic heterocycles. The van der Waals surface area contributed by atoms with E-state index in [1.54, 1.807) is 0 Å². The Kier molecular flexibility index (Phi) is 7.84. The fourth-order valence-corrected chi connectivity index (χ4v) is 4.01. The second kappa shape index (κ2) is 10.4. The summed E-state index contributed by atoms with van der Waals surface area (Å²) in [5.74, 6) is 0.230. The number of amides is 1. The van der Waals surface area contributed by atoms with Gasteiger partial charge in [-0.2, -0.15) is 5.26 Å². The van der Waals surface area contributed by atoms with Crippen molar-refractivity contribution in [1.82, 2.24) is 10.2 Å². The number of benzene rings is 1. The number of aliphatic hydroxyl groups excluding tert-OH is 1. The van der Waals surface area contributed by atoms with E-state index in [-0.39, 0.29) is 27.4 Å². The molecule has 1 aromatic carbocycles. The van der Waals surface area contributed by atoms with E-state index < -0.39 is 6.10 Å². The van der Waals surface area contributed by atoms with Crippen LogP contribution in [-0.4, -0.2) is 61.4 Å². The summed E-state index contributed by atoms with van der Waals surface area (Å²) in [6, 6.07) is 3.62. The zero-order valence-electron chi connectivity index (χ0n) is 16.1. The summed E-state index contributed by atoms with van der Waals surface area (Å²) in [5, 5.41) is 22.4. The molecular formula is C20H25Cl2N3O4. The zero-order chi connectivity index (χ0) is 20.8. The Morgan fingerprint density at radius 2 is 2.10 bits per heavy atom. The van der Waals surface area contributed by atoms with Gasteiger partial charge in [-0.15, -0.1) is 0 Å². The molecule has 1 fully saturated rings. The van der Waals surface area contributed by atoms with E-state index in [4.69, 9.17) is 37.9 Å². The van der Waals surface area contributed by atoms with Crippen molar-refractivity contribution < 1.29 is 19.4 Å². The Morgan fingerprint density at radius 1 is 1.34 bits per heavy atom. The van der Waals surface area contributed by atoms with Gasteiger partial charge in [0, 0.05) is 31.8 Å². The van der Waals surface area contributed by atoms with Crippen LogP contribution in [-0.2, 0) is 0 Å². The average Bonchev–Trinajstić information content (AvgIpc) is 2.96. The van der Waals surface area contributed by atoms with Gasteiger partial charge in [0.1, 0.15) is 5.02 Å². The number of nitrogens with one attached hydrogen (secondary N) is 1. The summed E-state index contributed by atoms with van der Waals surface area (Å²) in [5.41, 5.74) is 0.278. The van der Waals surface area contributed by atoms with Crippen molar-refractivity contribution in [3.8, 4) is 17.6 Å². The van der Waals surface area contributed by atoms with Gasteiger partial charge in [0.15, 0.2) is 11.5 Å². The molecule has 0 aliphatic carbocycles. The molecule has 29 heavy (non-hydrogen) atoms. The highest BCUT2D eigenvalue weighted by Crippen LogP contribution is 2.44. The first-order valence-electron chi connectivity index (χ1n) is 9.84. The molecule has 7 nitrogen and oxygen atoms in total. The smallest absolute Gasteiger partial charge is 0.255 e. The molecule has 0 aromatic heterocycles. The minimum atomic E-state index is -0.531. The predicted octanol–water partition coefficient (Wildman–Crippen LogP) is 2.87. The molecule has 2 aliphatic rings. The van der Waals surface area contributed by atoms with E-state index in [2.05, 4.69) is 16.3 Å². The first kappa shape index (κ1) is 22.0. The monoisotopic (exact) mass is 441 g/mol. The van der Waals surface area contributed by atoms with E-state index in [0.717, 1.165) is 25.9 Å². The third kappa shape index (κ3) is 5.46. The highest BCUT2D eigenvalue weighted by molar-refractivity contribution is 6.43. The Labute approximate surface area is 180 Å². The largest absolute Gasteiger partial charge is 0.489 e. The number of likely N-dealkylation sites (tertiary alicyclic amines) is 1. The molecule has 1 aromatic rings. The molecule has 158 valence electrons. The number of unbranched alkanes of at least 4 members (excludes halogenated alkanes) is 1. The summed E-state index contributed by atoms with van der Waals surface area (Å²) in [7, 11) is 0. The van der Waals surface area contributed by atoms with Crippen molar-refractivity contribution >= 4 is 29.1 Å². The van der Waals surface area contributed by atoms with Crippen LogP contribution in [0.3, 0.4) is 0 Å². The predicted molar refractivity (Wildman–Crippen MR) is 110 cm³/mol. The van der Waals surface area contributed by atoms with Crippen LogP contribution < -0.4 is 14.8 Å². The number of hydrogen-bond donors (Lipinski definition) is 2. The van der Waals surface area contributed by atoms with Crippen LogP contribution in [0.5, 0.6) is 11.5 Å². The van der Waals surface area contributed by atoms with Gasteiger partial charge in [0.25, 0.3) is 5.91 Å². The summed E-state index contributed by atoms with van der Waals surface area (Å²) in [6.45, 7) is 3.40. The minimum absolute atomic E-state index is 0.0373. The van der Waals surface area contributed by atoms with Crippen LogP contribution >= 0.6 is 23.2 Å². The molecule has 1 saturated heterocycles. The Balaban J connectivity index is 1.60. The molecule has 9 heteroatoms. The van der Waals surface area contributed by atoms with Crippen molar-refractivity contribution in [3.05, 3.63) is 21.7 Å². The van der Waals surface area contributed by atoms with E-state index in [1.807, 2.05) is 0 Å². The van der Waals surface area contributed by atoms with Gasteiger partial charge in [0.2, 0.25) is 0 Å². The lowest BCUT2D eigenvalue weighted by Crippen LogP contribution is -2.47. The van der Waals surface area contributed by atoms with Gasteiger partial charge in [0.05, 0.1) is 36.0 Å². The van der Waals surface area contributed by atoms with Crippen molar-refractivity contribution in [1.29, 1.82) is 5.26 Å². The number of aliphatic hydroxyl groups is 1. The molecular weight excluding hydrogens is 417 g/mol. The maximum Gasteiger partial charge on any atom is 0.255 e. The number of halogens is 2. The number of piperidine rings is 1. The summed E-state index contributed by atoms with van der Waals surface area (Å²) >= 11 is 12.4. The van der Waals surface area contributed by atoms with Crippen molar-refractivity contribution in [2.24, 2.45) is 5.92 Å². The molecule has 0 radical (unpaired) electrons. The van der Waals surface area contributed by atoms with E-state index in [0.29, 0.717) is 50.6 Å². The number of carbonyl (C=O) groups is 1. The van der Waals surface area contributed by atoms with Gasteiger partial charge in [-0.3, -0.25) is 4.79 Å². The number of hydrogen-bond acceptors (Lipinski definition) is 6. The summed E-state index contributed by atoms with van der Waals surface area (Å²) in [6.07, 6.45) is 2.24. The first-order chi connectivity index (χ1) is 14.0. The summed E-state index contributed by atoms with van der Waals surface area (Å²) < 4.78 is 11.3. The van der Waals surface area contributed by atoms with E-state index in [9.17, 15) is 9.90 Å². The van der Waals surface area contributed by atoms with Crippen molar-refractivity contribution in [2.75, 3.05) is 39.4 Å². The highest BCUT2D eigenvalue weighted by Gasteiger charge is 2.29. The molecule has 2 atom stereocenters. The molecule has 0 bridgehead atoms. The van der Waals surface area contributed by atoms with E-state index >= 15 is 0 Å². The van der Waals surface area contributed by atoms with Gasteiger partial charge in [-0.05, 0) is 32.0 Å². The van der Waals surface area contributed by atoms with Crippen LogP contribution in [0.4, 0.5) is 0 Å². The molecule has 1 unspecified atom stereocenters. The van der Waals surface area contributed by atoms with E-state index in [1.165, 1.54) is 6.07 Å². The third-order valence-electron chi connectivity index (χ3n) is 5.25. The zero-order valence-corrected chi connectivity index (χ0v) is 17.6. The molecule has 2 N–H and O–H groups in total. The number of fused-ring (bicyclic) bond motifs is 1. The lowest BCUT2D eigenvalue weighted by Gasteiger charge is -2.36.